The minimum Gasteiger partial charge on any atom is -0.467 e. The predicted molar refractivity (Wildman–Crippen MR) is 118 cm³/mol. The number of methoxy groups -OCH3 is 1. The molecule has 0 atom stereocenters. The van der Waals surface area contributed by atoms with E-state index in [0.717, 1.165) is 5.56 Å². The second kappa shape index (κ2) is 11.7. The molecular formula is C24H26FN3O4. The number of halogens is 1. The number of para-hydroxylation sites is 1. The molecule has 8 heteroatoms. The molecule has 1 heterocycles. The van der Waals surface area contributed by atoms with Gasteiger partial charge in [0.2, 0.25) is 5.91 Å². The number of hydrogen-bond acceptors (Lipinski definition) is 4. The summed E-state index contributed by atoms with van der Waals surface area (Å²) >= 11 is 0. The van der Waals surface area contributed by atoms with Gasteiger partial charge in [0.1, 0.15) is 18.1 Å². The highest BCUT2D eigenvalue weighted by atomic mass is 19.1. The van der Waals surface area contributed by atoms with E-state index in [4.69, 9.17) is 9.15 Å². The van der Waals surface area contributed by atoms with Crippen molar-refractivity contribution in [3.8, 4) is 0 Å². The Bertz CT molecular complexity index is 995. The van der Waals surface area contributed by atoms with Gasteiger partial charge in [-0.3, -0.25) is 4.79 Å². The van der Waals surface area contributed by atoms with E-state index >= 15 is 0 Å². The zero-order valence-corrected chi connectivity index (χ0v) is 17.9. The molecule has 3 amide bonds. The first kappa shape index (κ1) is 23.0. The van der Waals surface area contributed by atoms with Crippen molar-refractivity contribution in [3.63, 3.8) is 0 Å². The van der Waals surface area contributed by atoms with Gasteiger partial charge in [0.05, 0.1) is 25.1 Å². The van der Waals surface area contributed by atoms with Gasteiger partial charge in [0.25, 0.3) is 0 Å². The molecule has 0 aliphatic rings. The van der Waals surface area contributed by atoms with Crippen LogP contribution in [0.5, 0.6) is 0 Å². The van der Waals surface area contributed by atoms with Crippen LogP contribution in [0, 0.1) is 5.82 Å². The van der Waals surface area contributed by atoms with Crippen LogP contribution < -0.4 is 5.32 Å². The smallest absolute Gasteiger partial charge is 0.322 e. The largest absolute Gasteiger partial charge is 0.467 e. The Morgan fingerprint density at radius 3 is 2.41 bits per heavy atom. The van der Waals surface area contributed by atoms with Crippen LogP contribution in [0.25, 0.3) is 0 Å². The van der Waals surface area contributed by atoms with Crippen molar-refractivity contribution in [2.75, 3.05) is 32.1 Å². The molecule has 1 aromatic heterocycles. The summed E-state index contributed by atoms with van der Waals surface area (Å²) in [6.45, 7) is 0.815. The van der Waals surface area contributed by atoms with E-state index in [9.17, 15) is 14.0 Å². The fraction of sp³-hybridized carbons (Fsp3) is 0.250. The second-order valence-corrected chi connectivity index (χ2v) is 7.14. The molecular weight excluding hydrogens is 413 g/mol. The molecule has 0 unspecified atom stereocenters. The number of carbonyl (C=O) groups is 2. The summed E-state index contributed by atoms with van der Waals surface area (Å²) in [4.78, 5) is 28.9. The summed E-state index contributed by atoms with van der Waals surface area (Å²) in [6.07, 6.45) is 1.55. The molecule has 2 aromatic carbocycles. The van der Waals surface area contributed by atoms with Crippen LogP contribution in [0.1, 0.15) is 11.3 Å². The summed E-state index contributed by atoms with van der Waals surface area (Å²) in [6, 6.07) is 18.4. The van der Waals surface area contributed by atoms with E-state index in [1.807, 2.05) is 30.3 Å². The van der Waals surface area contributed by atoms with Crippen LogP contribution in [0.15, 0.2) is 77.4 Å². The maximum Gasteiger partial charge on any atom is 0.322 e. The number of rotatable bonds is 10. The molecule has 0 saturated heterocycles. The van der Waals surface area contributed by atoms with Crippen molar-refractivity contribution in [2.45, 2.75) is 13.1 Å². The Kier molecular flexibility index (Phi) is 8.39. The van der Waals surface area contributed by atoms with Crippen molar-refractivity contribution in [1.82, 2.24) is 9.80 Å². The van der Waals surface area contributed by atoms with E-state index in [1.54, 1.807) is 29.4 Å². The molecule has 0 aliphatic heterocycles. The van der Waals surface area contributed by atoms with Crippen LogP contribution in [0.2, 0.25) is 0 Å². The number of urea groups is 1. The molecule has 3 rings (SSSR count). The Balaban J connectivity index is 1.74. The standard InChI is InChI=1S/C24H26FN3O4/c1-31-15-13-27(24(30)26-22-12-6-5-11-21(22)25)18-23(29)28(17-20-10-7-14-32-20)16-19-8-3-2-4-9-19/h2-12,14H,13,15-18H2,1H3,(H,26,30). The second-order valence-electron chi connectivity index (χ2n) is 7.14. The molecule has 0 aliphatic carbocycles. The number of ether oxygens (including phenoxy) is 1. The lowest BCUT2D eigenvalue weighted by Crippen LogP contribution is -2.45. The number of furan rings is 1. The fourth-order valence-electron chi connectivity index (χ4n) is 3.10. The SMILES string of the molecule is COCCN(CC(=O)N(Cc1ccccc1)Cc1ccco1)C(=O)Nc1ccccc1F. The molecule has 0 saturated carbocycles. The topological polar surface area (TPSA) is 75.0 Å². The Morgan fingerprint density at radius 1 is 0.969 bits per heavy atom. The predicted octanol–water partition coefficient (Wildman–Crippen LogP) is 4.13. The minimum absolute atomic E-state index is 0.0455. The lowest BCUT2D eigenvalue weighted by atomic mass is 10.2. The molecule has 168 valence electrons. The van der Waals surface area contributed by atoms with Crippen molar-refractivity contribution >= 4 is 17.6 Å². The zero-order chi connectivity index (χ0) is 22.8. The average Bonchev–Trinajstić information content (AvgIpc) is 3.31. The number of anilines is 1. The zero-order valence-electron chi connectivity index (χ0n) is 17.9. The summed E-state index contributed by atoms with van der Waals surface area (Å²) < 4.78 is 24.5. The maximum atomic E-state index is 14.0. The molecule has 0 spiro atoms. The minimum atomic E-state index is -0.585. The summed E-state index contributed by atoms with van der Waals surface area (Å²) in [5.41, 5.74) is 0.996. The number of carbonyl (C=O) groups excluding carboxylic acids is 2. The van der Waals surface area contributed by atoms with Crippen LogP contribution in [0.3, 0.4) is 0 Å². The summed E-state index contributed by atoms with van der Waals surface area (Å²) in [5.74, 6) is -0.194. The number of nitrogens with one attached hydrogen (secondary N) is 1. The maximum absolute atomic E-state index is 14.0. The van der Waals surface area contributed by atoms with Crippen molar-refractivity contribution < 1.29 is 23.1 Å². The van der Waals surface area contributed by atoms with Crippen LogP contribution in [0.4, 0.5) is 14.9 Å². The van der Waals surface area contributed by atoms with E-state index in [-0.39, 0.29) is 37.8 Å². The monoisotopic (exact) mass is 439 g/mol. The van der Waals surface area contributed by atoms with Gasteiger partial charge in [0.15, 0.2) is 0 Å². The summed E-state index contributed by atoms with van der Waals surface area (Å²) in [5, 5.41) is 2.53. The highest BCUT2D eigenvalue weighted by Gasteiger charge is 2.23. The molecule has 0 fully saturated rings. The lowest BCUT2D eigenvalue weighted by molar-refractivity contribution is -0.133. The third-order valence-corrected chi connectivity index (χ3v) is 4.79. The van der Waals surface area contributed by atoms with Crippen molar-refractivity contribution in [3.05, 3.63) is 90.1 Å². The highest BCUT2D eigenvalue weighted by molar-refractivity contribution is 5.92. The Labute approximate surface area is 186 Å². The molecule has 0 radical (unpaired) electrons. The van der Waals surface area contributed by atoms with Crippen LogP contribution in [-0.2, 0) is 22.6 Å². The van der Waals surface area contributed by atoms with E-state index in [1.165, 1.54) is 30.2 Å². The summed E-state index contributed by atoms with van der Waals surface area (Å²) in [7, 11) is 1.51. The first-order valence-electron chi connectivity index (χ1n) is 10.2. The van der Waals surface area contributed by atoms with E-state index < -0.39 is 11.8 Å². The third-order valence-electron chi connectivity index (χ3n) is 4.79. The Hall–Kier alpha value is -3.65. The number of benzene rings is 2. The van der Waals surface area contributed by atoms with E-state index in [2.05, 4.69) is 5.32 Å². The van der Waals surface area contributed by atoms with E-state index in [0.29, 0.717) is 12.3 Å². The van der Waals surface area contributed by atoms with Gasteiger partial charge in [-0.15, -0.1) is 0 Å². The van der Waals surface area contributed by atoms with Gasteiger partial charge < -0.3 is 24.3 Å². The van der Waals surface area contributed by atoms with Crippen LogP contribution >= 0.6 is 0 Å². The number of amides is 3. The molecule has 3 aromatic rings. The molecule has 1 N–H and O–H groups in total. The first-order chi connectivity index (χ1) is 15.6. The van der Waals surface area contributed by atoms with Gasteiger partial charge in [-0.05, 0) is 29.8 Å². The fourth-order valence-corrected chi connectivity index (χ4v) is 3.10. The van der Waals surface area contributed by atoms with Gasteiger partial charge in [0, 0.05) is 20.2 Å². The lowest BCUT2D eigenvalue weighted by Gasteiger charge is -2.27. The highest BCUT2D eigenvalue weighted by Crippen LogP contribution is 2.15. The van der Waals surface area contributed by atoms with Gasteiger partial charge in [-0.1, -0.05) is 42.5 Å². The molecule has 7 nitrogen and oxygen atoms in total. The molecule has 0 bridgehead atoms. The van der Waals surface area contributed by atoms with Crippen molar-refractivity contribution in [1.29, 1.82) is 0 Å². The van der Waals surface area contributed by atoms with Gasteiger partial charge >= 0.3 is 6.03 Å². The number of hydrogen-bond donors (Lipinski definition) is 1. The normalized spacial score (nSPS) is 10.6. The first-order valence-corrected chi connectivity index (χ1v) is 10.2. The van der Waals surface area contributed by atoms with Crippen LogP contribution in [-0.4, -0.2) is 48.5 Å². The number of nitrogens with zero attached hydrogens (tertiary/aromatic N) is 2. The van der Waals surface area contributed by atoms with Crippen molar-refractivity contribution in [2.24, 2.45) is 0 Å². The quantitative estimate of drug-likeness (QED) is 0.516. The average molecular weight is 439 g/mol. The van der Waals surface area contributed by atoms with Gasteiger partial charge in [-0.25, -0.2) is 9.18 Å². The van der Waals surface area contributed by atoms with Gasteiger partial charge in [-0.2, -0.15) is 0 Å². The molecule has 32 heavy (non-hydrogen) atoms. The Morgan fingerprint density at radius 2 is 1.72 bits per heavy atom. The third kappa shape index (κ3) is 6.68.